The number of aryl methyl sites for hydroxylation is 1. The molecule has 1 aliphatic rings. The monoisotopic (exact) mass is 370 g/mol. The van der Waals surface area contributed by atoms with E-state index in [4.69, 9.17) is 27.9 Å². The van der Waals surface area contributed by atoms with Crippen LogP contribution in [0.25, 0.3) is 11.6 Å². The number of nitrogens with zero attached hydrogens (tertiary/aromatic N) is 4. The summed E-state index contributed by atoms with van der Waals surface area (Å²) >= 11 is 12.4. The van der Waals surface area contributed by atoms with Gasteiger partial charge in [-0.05, 0) is 43.3 Å². The predicted octanol–water partition coefficient (Wildman–Crippen LogP) is 4.96. The second kappa shape index (κ2) is 6.02. The van der Waals surface area contributed by atoms with Gasteiger partial charge in [-0.1, -0.05) is 29.8 Å². The van der Waals surface area contributed by atoms with Crippen LogP contribution in [-0.4, -0.2) is 20.7 Å². The minimum atomic E-state index is 0.363. The van der Waals surface area contributed by atoms with Gasteiger partial charge in [0.2, 0.25) is 5.90 Å². The fraction of sp³-hybridized carbons (Fsp3) is 0.0556. The minimum Gasteiger partial charge on any atom is -0.437 e. The zero-order valence-corrected chi connectivity index (χ0v) is 14.7. The third-order valence-electron chi connectivity index (χ3n) is 3.69. The van der Waals surface area contributed by atoms with E-state index in [0.717, 1.165) is 11.3 Å². The van der Waals surface area contributed by atoms with E-state index in [2.05, 4.69) is 21.7 Å². The molecule has 0 saturated heterocycles. The minimum absolute atomic E-state index is 0.363. The van der Waals surface area contributed by atoms with Crippen LogP contribution in [0.15, 0.2) is 54.2 Å². The lowest BCUT2D eigenvalue weighted by Gasteiger charge is -2.19. The average molecular weight is 371 g/mol. The van der Waals surface area contributed by atoms with Gasteiger partial charge in [0.1, 0.15) is 11.5 Å². The second-order valence-electron chi connectivity index (χ2n) is 5.50. The molecule has 7 heteroatoms. The second-order valence-corrected chi connectivity index (χ2v) is 6.34. The maximum absolute atomic E-state index is 6.27. The van der Waals surface area contributed by atoms with Gasteiger partial charge in [0.05, 0.1) is 16.4 Å². The Morgan fingerprint density at radius 3 is 2.80 bits per heavy atom. The summed E-state index contributed by atoms with van der Waals surface area (Å²) in [6.07, 6.45) is 1.65. The van der Waals surface area contributed by atoms with E-state index < -0.39 is 0 Å². The van der Waals surface area contributed by atoms with E-state index in [1.54, 1.807) is 35.1 Å². The van der Waals surface area contributed by atoms with E-state index in [0.29, 0.717) is 38.9 Å². The number of hydrogen-bond donors (Lipinski definition) is 0. The molecule has 0 fully saturated rings. The Balaban J connectivity index is 1.89. The van der Waals surface area contributed by atoms with Crippen LogP contribution >= 0.6 is 23.2 Å². The number of hydrogen-bond acceptors (Lipinski definition) is 4. The molecule has 0 amide bonds. The first-order valence-corrected chi connectivity index (χ1v) is 8.22. The summed E-state index contributed by atoms with van der Waals surface area (Å²) in [4.78, 5) is 8.88. The maximum atomic E-state index is 6.27. The highest BCUT2D eigenvalue weighted by Gasteiger charge is 2.23. The highest BCUT2D eigenvalue weighted by atomic mass is 35.5. The molecular formula is C18H12Cl2N4O. The molecule has 0 aliphatic carbocycles. The first-order chi connectivity index (χ1) is 12.0. The van der Waals surface area contributed by atoms with Gasteiger partial charge in [-0.2, -0.15) is 5.10 Å². The number of pyridine rings is 1. The summed E-state index contributed by atoms with van der Waals surface area (Å²) in [5.41, 5.74) is 2.90. The van der Waals surface area contributed by atoms with Crippen molar-refractivity contribution in [1.82, 2.24) is 14.8 Å². The third kappa shape index (κ3) is 2.81. The molecule has 1 aromatic carbocycles. The van der Waals surface area contributed by atoms with E-state index in [-0.39, 0.29) is 0 Å². The summed E-state index contributed by atoms with van der Waals surface area (Å²) in [6.45, 7) is 5.85. The van der Waals surface area contributed by atoms with Crippen molar-refractivity contribution in [3.8, 4) is 5.82 Å². The Bertz CT molecular complexity index is 1040. The van der Waals surface area contributed by atoms with E-state index in [1.807, 2.05) is 19.1 Å². The summed E-state index contributed by atoms with van der Waals surface area (Å²) in [5, 5.41) is 5.54. The van der Waals surface area contributed by atoms with E-state index >= 15 is 0 Å². The molecule has 4 rings (SSSR count). The Kier molecular flexibility index (Phi) is 3.82. The van der Waals surface area contributed by atoms with Crippen LogP contribution in [0.4, 0.5) is 5.69 Å². The van der Waals surface area contributed by atoms with Crippen LogP contribution in [0.5, 0.6) is 0 Å². The van der Waals surface area contributed by atoms with Crippen molar-refractivity contribution in [2.75, 3.05) is 0 Å². The molecule has 124 valence electrons. The number of halogens is 2. The molecule has 2 aromatic heterocycles. The fourth-order valence-corrected chi connectivity index (χ4v) is 2.96. The molecule has 0 spiro atoms. The van der Waals surface area contributed by atoms with Crippen LogP contribution in [0, 0.1) is 6.92 Å². The van der Waals surface area contributed by atoms with Crippen LogP contribution in [0.1, 0.15) is 17.0 Å². The normalized spacial score (nSPS) is 13.2. The summed E-state index contributed by atoms with van der Waals surface area (Å²) in [6, 6.07) is 10.7. The van der Waals surface area contributed by atoms with E-state index in [1.165, 1.54) is 0 Å². The number of rotatable bonds is 2. The molecule has 3 heterocycles. The largest absolute Gasteiger partial charge is 0.437 e. The molecule has 0 atom stereocenters. The third-order valence-corrected chi connectivity index (χ3v) is 4.22. The summed E-state index contributed by atoms with van der Waals surface area (Å²) < 4.78 is 7.45. The van der Waals surface area contributed by atoms with Gasteiger partial charge >= 0.3 is 0 Å². The lowest BCUT2D eigenvalue weighted by atomic mass is 10.1. The average Bonchev–Trinajstić information content (AvgIpc) is 2.96. The van der Waals surface area contributed by atoms with Crippen molar-refractivity contribution in [2.24, 2.45) is 4.99 Å². The molecule has 5 nitrogen and oxygen atoms in total. The Labute approximate surface area is 154 Å². The Hall–Kier alpha value is -2.63. The molecule has 0 N–H and O–H groups in total. The lowest BCUT2D eigenvalue weighted by molar-refractivity contribution is 0.500. The quantitative estimate of drug-likeness (QED) is 0.640. The van der Waals surface area contributed by atoms with Gasteiger partial charge in [-0.15, -0.1) is 0 Å². The fourth-order valence-electron chi connectivity index (χ4n) is 2.59. The van der Waals surface area contributed by atoms with E-state index in [9.17, 15) is 0 Å². The topological polar surface area (TPSA) is 52.3 Å². The molecule has 0 bridgehead atoms. The SMILES string of the molecule is C=C1OC(c2cc(C)nn2-c2ncccc2Cl)=Nc2cc(Cl)ccc21. The van der Waals surface area contributed by atoms with Gasteiger partial charge in [-0.3, -0.25) is 0 Å². The van der Waals surface area contributed by atoms with Crippen molar-refractivity contribution in [3.63, 3.8) is 0 Å². The lowest BCUT2D eigenvalue weighted by Crippen LogP contribution is -2.16. The number of aliphatic imine (C=N–C) groups is 1. The highest BCUT2D eigenvalue weighted by Crippen LogP contribution is 2.35. The molecule has 3 aromatic rings. The van der Waals surface area contributed by atoms with Crippen molar-refractivity contribution >= 4 is 40.5 Å². The first-order valence-electron chi connectivity index (χ1n) is 7.46. The molecular weight excluding hydrogens is 359 g/mol. The van der Waals surface area contributed by atoms with Crippen molar-refractivity contribution in [3.05, 3.63) is 76.2 Å². The number of ether oxygens (including phenoxy) is 1. The van der Waals surface area contributed by atoms with Gasteiger partial charge in [0.15, 0.2) is 5.82 Å². The van der Waals surface area contributed by atoms with Gasteiger partial charge in [-0.25, -0.2) is 14.7 Å². The number of aromatic nitrogens is 3. The summed E-state index contributed by atoms with van der Waals surface area (Å²) in [5.74, 6) is 1.36. The van der Waals surface area contributed by atoms with Gasteiger partial charge < -0.3 is 4.74 Å². The number of fused-ring (bicyclic) bond motifs is 1. The molecule has 0 radical (unpaired) electrons. The molecule has 1 aliphatic heterocycles. The van der Waals surface area contributed by atoms with Crippen LogP contribution < -0.4 is 0 Å². The maximum Gasteiger partial charge on any atom is 0.246 e. The Morgan fingerprint density at radius 1 is 1.16 bits per heavy atom. The van der Waals surface area contributed by atoms with Crippen molar-refractivity contribution in [1.29, 1.82) is 0 Å². The van der Waals surface area contributed by atoms with Crippen LogP contribution in [0.2, 0.25) is 10.0 Å². The highest BCUT2D eigenvalue weighted by molar-refractivity contribution is 6.32. The van der Waals surface area contributed by atoms with Crippen LogP contribution in [0.3, 0.4) is 0 Å². The number of benzene rings is 1. The standard InChI is InChI=1S/C18H12Cl2N4O/c1-10-8-16(24(23-10)17-14(20)4-3-7-21-17)18-22-15-9-12(19)5-6-13(15)11(2)25-18/h3-9H,2H2,1H3. The molecule has 0 saturated carbocycles. The molecule has 25 heavy (non-hydrogen) atoms. The van der Waals surface area contributed by atoms with Crippen molar-refractivity contribution < 1.29 is 4.74 Å². The predicted molar refractivity (Wildman–Crippen MR) is 98.9 cm³/mol. The smallest absolute Gasteiger partial charge is 0.246 e. The Morgan fingerprint density at radius 2 is 2.00 bits per heavy atom. The van der Waals surface area contributed by atoms with Gasteiger partial charge in [0.25, 0.3) is 0 Å². The van der Waals surface area contributed by atoms with Crippen molar-refractivity contribution in [2.45, 2.75) is 6.92 Å². The first kappa shape index (κ1) is 15.9. The van der Waals surface area contributed by atoms with Crippen LogP contribution in [-0.2, 0) is 4.74 Å². The van der Waals surface area contributed by atoms with Gasteiger partial charge in [0, 0.05) is 16.8 Å². The summed E-state index contributed by atoms with van der Waals surface area (Å²) in [7, 11) is 0. The zero-order valence-electron chi connectivity index (χ0n) is 13.2. The molecule has 0 unspecified atom stereocenters. The zero-order chi connectivity index (χ0) is 17.6.